The fraction of sp³-hybridized carbons (Fsp3) is 0.400. The van der Waals surface area contributed by atoms with Crippen LogP contribution in [0.1, 0.15) is 36.4 Å². The summed E-state index contributed by atoms with van der Waals surface area (Å²) < 4.78 is 33.0. The van der Waals surface area contributed by atoms with E-state index in [-0.39, 0.29) is 6.04 Å². The van der Waals surface area contributed by atoms with E-state index < -0.39 is 15.7 Å². The molecule has 1 aromatic heterocycles. The number of nitrogens with zero attached hydrogens (tertiary/aromatic N) is 4. The minimum absolute atomic E-state index is 0.0594. The average molecular weight is 477 g/mol. The van der Waals surface area contributed by atoms with Crippen molar-refractivity contribution in [1.82, 2.24) is 14.3 Å². The van der Waals surface area contributed by atoms with Gasteiger partial charge in [0.2, 0.25) is 15.7 Å². The number of halogens is 1. The van der Waals surface area contributed by atoms with Crippen LogP contribution in [0.4, 0.5) is 0 Å². The number of sulfonamides is 1. The Labute approximate surface area is 178 Å². The Morgan fingerprint density at radius 2 is 1.90 bits per heavy atom. The lowest BCUT2D eigenvalue weighted by Crippen LogP contribution is -2.59. The smallest absolute Gasteiger partial charge is 0.211 e. The third-order valence-electron chi connectivity index (χ3n) is 5.94. The summed E-state index contributed by atoms with van der Waals surface area (Å²) in [5, 5.41) is 7.07. The van der Waals surface area contributed by atoms with Crippen molar-refractivity contribution in [1.29, 1.82) is 0 Å². The number of aromatic nitrogens is 1. The second-order valence-electron chi connectivity index (χ2n) is 7.74. The fourth-order valence-corrected chi connectivity index (χ4v) is 5.69. The molecule has 5 rings (SSSR count). The predicted molar refractivity (Wildman–Crippen MR) is 113 cm³/mol. The van der Waals surface area contributed by atoms with Crippen molar-refractivity contribution in [2.75, 3.05) is 19.3 Å². The summed E-state index contributed by atoms with van der Waals surface area (Å²) in [4.78, 5) is 4.11. The van der Waals surface area contributed by atoms with Crippen LogP contribution in [0.3, 0.4) is 0 Å². The first-order valence-electron chi connectivity index (χ1n) is 9.57. The quantitative estimate of drug-likeness (QED) is 0.665. The van der Waals surface area contributed by atoms with E-state index in [0.717, 1.165) is 33.5 Å². The van der Waals surface area contributed by atoms with Crippen LogP contribution in [-0.4, -0.2) is 53.5 Å². The Morgan fingerprint density at radius 1 is 1.17 bits per heavy atom. The standard InChI is InChI=1S/C20H21BrN4O3S/c1-29(26,27)24-10-6-20(7-11-24)25-18(16-12-15(21)2-3-19(16)28-20)13-17(23-25)14-4-8-22-9-5-14/h2-5,8-9,12,18H,6-7,10-11,13H2,1H3/t18-/m0/s1. The summed E-state index contributed by atoms with van der Waals surface area (Å²) in [6.45, 7) is 0.849. The van der Waals surface area contributed by atoms with Gasteiger partial charge in [-0.25, -0.2) is 17.7 Å². The Hall–Kier alpha value is -1.97. The van der Waals surface area contributed by atoms with Crippen molar-refractivity contribution >= 4 is 31.7 Å². The number of rotatable bonds is 2. The number of hydrogen-bond acceptors (Lipinski definition) is 6. The van der Waals surface area contributed by atoms with Gasteiger partial charge in [0.1, 0.15) is 5.75 Å². The molecule has 29 heavy (non-hydrogen) atoms. The van der Waals surface area contributed by atoms with Crippen LogP contribution in [0.25, 0.3) is 0 Å². The zero-order valence-corrected chi connectivity index (χ0v) is 18.4. The molecule has 1 fully saturated rings. The summed E-state index contributed by atoms with van der Waals surface area (Å²) in [6, 6.07) is 10.1. The monoisotopic (exact) mass is 476 g/mol. The molecule has 0 amide bonds. The normalized spacial score (nSPS) is 23.3. The van der Waals surface area contributed by atoms with Gasteiger partial charge >= 0.3 is 0 Å². The van der Waals surface area contributed by atoms with Gasteiger partial charge in [-0.2, -0.15) is 5.10 Å². The lowest BCUT2D eigenvalue weighted by Gasteiger charge is -2.50. The van der Waals surface area contributed by atoms with E-state index >= 15 is 0 Å². The van der Waals surface area contributed by atoms with E-state index in [4.69, 9.17) is 9.84 Å². The first kappa shape index (κ1) is 19.0. The molecule has 4 heterocycles. The van der Waals surface area contributed by atoms with E-state index in [9.17, 15) is 8.42 Å². The predicted octanol–water partition coefficient (Wildman–Crippen LogP) is 3.14. The molecule has 0 unspecified atom stereocenters. The highest BCUT2D eigenvalue weighted by atomic mass is 79.9. The Balaban J connectivity index is 1.55. The number of hydrazone groups is 1. The zero-order chi connectivity index (χ0) is 20.2. The van der Waals surface area contributed by atoms with Gasteiger partial charge in [0.15, 0.2) is 0 Å². The van der Waals surface area contributed by atoms with Crippen LogP contribution in [0.15, 0.2) is 52.3 Å². The Kier molecular flexibility index (Phi) is 4.45. The molecule has 0 radical (unpaired) electrons. The lowest BCUT2D eigenvalue weighted by molar-refractivity contribution is -0.143. The topological polar surface area (TPSA) is 75.1 Å². The van der Waals surface area contributed by atoms with E-state index in [1.165, 1.54) is 10.6 Å². The van der Waals surface area contributed by atoms with E-state index in [2.05, 4.69) is 32.0 Å². The molecule has 1 atom stereocenters. The molecule has 0 saturated carbocycles. The largest absolute Gasteiger partial charge is 0.466 e. The van der Waals surface area contributed by atoms with E-state index in [0.29, 0.717) is 25.9 Å². The van der Waals surface area contributed by atoms with Gasteiger partial charge in [0.25, 0.3) is 0 Å². The SMILES string of the molecule is CS(=O)(=O)N1CCC2(CC1)Oc1ccc(Br)cc1[C@@H]1CC(c3ccncc3)=NN12. The molecular formula is C20H21BrN4O3S. The maximum Gasteiger partial charge on any atom is 0.211 e. The number of fused-ring (bicyclic) bond motifs is 4. The zero-order valence-electron chi connectivity index (χ0n) is 16.0. The third kappa shape index (κ3) is 3.25. The highest BCUT2D eigenvalue weighted by Crippen LogP contribution is 2.50. The molecule has 0 bridgehead atoms. The molecule has 7 nitrogen and oxygen atoms in total. The maximum absolute atomic E-state index is 12.0. The van der Waals surface area contributed by atoms with Crippen LogP contribution in [0, 0.1) is 0 Å². The van der Waals surface area contributed by atoms with Gasteiger partial charge in [-0.15, -0.1) is 0 Å². The summed E-state index contributed by atoms with van der Waals surface area (Å²) >= 11 is 3.57. The highest BCUT2D eigenvalue weighted by Gasteiger charge is 2.52. The van der Waals surface area contributed by atoms with E-state index in [1.807, 2.05) is 24.3 Å². The first-order valence-corrected chi connectivity index (χ1v) is 12.2. The molecule has 1 spiro atoms. The molecular weight excluding hydrogens is 456 g/mol. The number of pyridine rings is 1. The first-order chi connectivity index (χ1) is 13.9. The number of ether oxygens (including phenoxy) is 1. The maximum atomic E-state index is 12.0. The van der Waals surface area contributed by atoms with Crippen LogP contribution >= 0.6 is 15.9 Å². The van der Waals surface area contributed by atoms with Crippen LogP contribution < -0.4 is 4.74 Å². The summed E-state index contributed by atoms with van der Waals surface area (Å²) in [5.41, 5.74) is 2.51. The molecule has 9 heteroatoms. The van der Waals surface area contributed by atoms with Gasteiger partial charge in [-0.3, -0.25) is 4.98 Å². The molecule has 3 aliphatic heterocycles. The fourth-order valence-electron chi connectivity index (χ4n) is 4.47. The second kappa shape index (κ2) is 6.78. The molecule has 1 saturated heterocycles. The van der Waals surface area contributed by atoms with Crippen LogP contribution in [0.2, 0.25) is 0 Å². The van der Waals surface area contributed by atoms with Gasteiger partial charge < -0.3 is 4.74 Å². The van der Waals surface area contributed by atoms with Crippen molar-refractivity contribution < 1.29 is 13.2 Å². The van der Waals surface area contributed by atoms with Crippen molar-refractivity contribution in [3.8, 4) is 5.75 Å². The van der Waals surface area contributed by atoms with Crippen LogP contribution in [-0.2, 0) is 10.0 Å². The summed E-state index contributed by atoms with van der Waals surface area (Å²) in [5.74, 6) is 0.855. The van der Waals surface area contributed by atoms with Crippen molar-refractivity contribution in [2.45, 2.75) is 31.0 Å². The summed E-state index contributed by atoms with van der Waals surface area (Å²) in [7, 11) is -3.21. The molecule has 152 valence electrons. The third-order valence-corrected chi connectivity index (χ3v) is 7.74. The highest BCUT2D eigenvalue weighted by molar-refractivity contribution is 9.10. The molecule has 2 aromatic rings. The average Bonchev–Trinajstić information content (AvgIpc) is 3.16. The Morgan fingerprint density at radius 3 is 2.59 bits per heavy atom. The number of hydrogen-bond donors (Lipinski definition) is 0. The molecule has 0 aliphatic carbocycles. The summed E-state index contributed by atoms with van der Waals surface area (Å²) in [6.07, 6.45) is 6.72. The van der Waals surface area contributed by atoms with Gasteiger partial charge in [0, 0.05) is 60.3 Å². The van der Waals surface area contributed by atoms with Gasteiger partial charge in [-0.1, -0.05) is 15.9 Å². The minimum atomic E-state index is -3.21. The van der Waals surface area contributed by atoms with Crippen molar-refractivity contribution in [2.24, 2.45) is 5.10 Å². The van der Waals surface area contributed by atoms with E-state index in [1.54, 1.807) is 12.4 Å². The van der Waals surface area contributed by atoms with Crippen LogP contribution in [0.5, 0.6) is 5.75 Å². The number of piperidine rings is 1. The number of benzene rings is 1. The van der Waals surface area contributed by atoms with Crippen molar-refractivity contribution in [3.63, 3.8) is 0 Å². The molecule has 1 aromatic carbocycles. The lowest BCUT2D eigenvalue weighted by atomic mass is 9.91. The Bertz CT molecular complexity index is 1080. The minimum Gasteiger partial charge on any atom is -0.466 e. The van der Waals surface area contributed by atoms with Gasteiger partial charge in [-0.05, 0) is 30.3 Å². The van der Waals surface area contributed by atoms with Crippen molar-refractivity contribution in [3.05, 3.63) is 58.3 Å². The molecule has 0 N–H and O–H groups in total. The van der Waals surface area contributed by atoms with Gasteiger partial charge in [0.05, 0.1) is 18.0 Å². The molecule has 3 aliphatic rings. The second-order valence-corrected chi connectivity index (χ2v) is 10.6.